The van der Waals surface area contributed by atoms with Gasteiger partial charge >= 0.3 is 18.7 Å². The highest BCUT2D eigenvalue weighted by molar-refractivity contribution is 5.86. The number of hydrogen-bond acceptors (Lipinski definition) is 5. The van der Waals surface area contributed by atoms with Crippen LogP contribution in [0, 0.1) is 12.1 Å². The monoisotopic (exact) mass is 470 g/mol. The fraction of sp³-hybridized carbons (Fsp3) is 0.190. The van der Waals surface area contributed by atoms with Crippen molar-refractivity contribution in [2.45, 2.75) is 24.6 Å². The van der Waals surface area contributed by atoms with E-state index in [1.54, 1.807) is 0 Å². The van der Waals surface area contributed by atoms with Crippen molar-refractivity contribution in [3.8, 4) is 11.5 Å². The standard InChI is InChI=1S/C21H12F6N2O4/c22-20(23,24)32-15-6-1-4-13(10-15)19(18(30)31,12-17-28-8-3-9-29-17)14-5-2-7-16(11-14)33-21(25,26)27/h1,3-4,6-11H,12H2,(H,30,31). The first-order valence-corrected chi connectivity index (χ1v) is 8.94. The molecule has 172 valence electrons. The topological polar surface area (TPSA) is 81.5 Å². The second-order valence-electron chi connectivity index (χ2n) is 6.55. The van der Waals surface area contributed by atoms with Crippen LogP contribution in [0.5, 0.6) is 11.5 Å². The van der Waals surface area contributed by atoms with Crippen LogP contribution in [0.1, 0.15) is 17.0 Å². The molecule has 1 heterocycles. The Kier molecular flexibility index (Phi) is 6.34. The minimum Gasteiger partial charge on any atom is -0.480 e. The molecule has 3 aromatic rings. The molecule has 0 aliphatic carbocycles. The van der Waals surface area contributed by atoms with Gasteiger partial charge in [0, 0.05) is 30.4 Å². The second kappa shape index (κ2) is 8.85. The van der Waals surface area contributed by atoms with Crippen LogP contribution in [0.25, 0.3) is 0 Å². The molecule has 1 atom stereocenters. The Morgan fingerprint density at radius 2 is 1.58 bits per heavy atom. The van der Waals surface area contributed by atoms with Crippen molar-refractivity contribution in [3.05, 3.63) is 83.9 Å². The van der Waals surface area contributed by atoms with Gasteiger partial charge in [-0.05, 0) is 29.8 Å². The highest BCUT2D eigenvalue weighted by Crippen LogP contribution is 2.39. The Hall–Kier alpha value is -4.01. The van der Waals surface area contributed by atoms with Crippen molar-refractivity contribution in [3.63, 3.8) is 0 Å². The third kappa shape index (κ3) is 5.82. The van der Waals surface area contributed by atoms with Crippen LogP contribution in [0.4, 0.5) is 26.3 Å². The number of rotatable bonds is 7. The molecule has 0 radical (unpaired) electrons. The predicted octanol–water partition coefficient (Wildman–Crippen LogP) is 4.49. The molecule has 3 rings (SSSR count). The van der Waals surface area contributed by atoms with Gasteiger partial charge in [-0.3, -0.25) is 4.79 Å². The summed E-state index contributed by atoms with van der Waals surface area (Å²) < 4.78 is 84.0. The Bertz CT molecular complexity index is 1060. The Morgan fingerprint density at radius 3 is 2.18 bits per heavy atom. The lowest BCUT2D eigenvalue weighted by Gasteiger charge is -2.29. The smallest absolute Gasteiger partial charge is 0.480 e. The minimum absolute atomic E-state index is 0.0439. The fourth-order valence-electron chi connectivity index (χ4n) is 3.11. The summed E-state index contributed by atoms with van der Waals surface area (Å²) in [6.45, 7) is 0. The highest BCUT2D eigenvalue weighted by atomic mass is 19.4. The van der Waals surface area contributed by atoms with Gasteiger partial charge in [-0.25, -0.2) is 9.97 Å². The van der Waals surface area contributed by atoms with E-state index in [-0.39, 0.29) is 17.0 Å². The maximum Gasteiger partial charge on any atom is 0.573 e. The number of hydrogen-bond donors (Lipinski definition) is 1. The summed E-state index contributed by atoms with van der Waals surface area (Å²) in [7, 11) is 0. The fourth-order valence-corrected chi connectivity index (χ4v) is 3.11. The molecule has 1 unspecified atom stereocenters. The van der Waals surface area contributed by atoms with Crippen LogP contribution in [0.15, 0.2) is 54.9 Å². The molecular weight excluding hydrogens is 458 g/mol. The number of halogens is 6. The van der Waals surface area contributed by atoms with Crippen molar-refractivity contribution in [2.75, 3.05) is 0 Å². The van der Waals surface area contributed by atoms with E-state index in [9.17, 15) is 36.2 Å². The van der Waals surface area contributed by atoms with Gasteiger partial charge in [-0.2, -0.15) is 0 Å². The van der Waals surface area contributed by atoms with E-state index in [1.165, 1.54) is 24.5 Å². The molecule has 0 saturated carbocycles. The number of carbonyl (C=O) groups is 1. The van der Waals surface area contributed by atoms with Crippen LogP contribution in [-0.4, -0.2) is 33.8 Å². The molecule has 0 spiro atoms. The second-order valence-corrected chi connectivity index (χ2v) is 6.55. The van der Waals surface area contributed by atoms with Gasteiger partial charge < -0.3 is 14.6 Å². The van der Waals surface area contributed by atoms with Crippen molar-refractivity contribution < 1.29 is 45.7 Å². The largest absolute Gasteiger partial charge is 0.573 e. The predicted molar refractivity (Wildman–Crippen MR) is 98.1 cm³/mol. The molecule has 2 aromatic carbocycles. The normalized spacial score (nSPS) is 12.1. The first-order chi connectivity index (χ1) is 15.4. The third-order valence-corrected chi connectivity index (χ3v) is 4.37. The molecule has 0 bridgehead atoms. The number of nitrogens with zero attached hydrogens (tertiary/aromatic N) is 2. The molecule has 0 saturated heterocycles. The van der Waals surface area contributed by atoms with Crippen molar-refractivity contribution >= 4 is 5.97 Å². The van der Waals surface area contributed by atoms with Gasteiger partial charge in [0.2, 0.25) is 0 Å². The summed E-state index contributed by atoms with van der Waals surface area (Å²) in [5, 5.41) is 10.2. The van der Waals surface area contributed by atoms with E-state index in [0.29, 0.717) is 0 Å². The van der Waals surface area contributed by atoms with Crippen molar-refractivity contribution in [2.24, 2.45) is 0 Å². The molecule has 0 fully saturated rings. The zero-order valence-electron chi connectivity index (χ0n) is 16.2. The van der Waals surface area contributed by atoms with Crippen molar-refractivity contribution in [1.82, 2.24) is 9.97 Å². The number of alkyl halides is 6. The molecule has 12 heteroatoms. The first-order valence-electron chi connectivity index (χ1n) is 8.94. The van der Waals surface area contributed by atoms with Crippen LogP contribution >= 0.6 is 0 Å². The van der Waals surface area contributed by atoms with Crippen LogP contribution < -0.4 is 9.47 Å². The summed E-state index contributed by atoms with van der Waals surface area (Å²) in [4.78, 5) is 20.5. The van der Waals surface area contributed by atoms with E-state index in [4.69, 9.17) is 0 Å². The molecule has 0 amide bonds. The SMILES string of the molecule is O=C(O)C(Cc1ncccn1)(c1c#ccc(OC(F)(F)F)c1)c1cccc(OC(F)(F)F)c1. The molecule has 0 aliphatic heterocycles. The Labute approximate surface area is 182 Å². The van der Waals surface area contributed by atoms with Crippen molar-refractivity contribution in [1.29, 1.82) is 0 Å². The lowest BCUT2D eigenvalue weighted by atomic mass is 9.72. The van der Waals surface area contributed by atoms with Crippen LogP contribution in [0.3, 0.4) is 0 Å². The number of aliphatic carboxylic acids is 1. The minimum atomic E-state index is -5.08. The third-order valence-electron chi connectivity index (χ3n) is 4.37. The van der Waals surface area contributed by atoms with Gasteiger partial charge in [-0.15, -0.1) is 26.3 Å². The van der Waals surface area contributed by atoms with Gasteiger partial charge in [0.25, 0.3) is 0 Å². The number of benzene rings is 1. The summed E-state index contributed by atoms with van der Waals surface area (Å²) in [6, 6.07) is 11.7. The summed E-state index contributed by atoms with van der Waals surface area (Å²) in [5.41, 5.74) is -2.90. The van der Waals surface area contributed by atoms with E-state index in [1.807, 2.05) is 0 Å². The van der Waals surface area contributed by atoms with Gasteiger partial charge in [0.1, 0.15) is 22.7 Å². The number of carboxylic acid groups (broad SMARTS) is 1. The maximum atomic E-state index is 12.7. The average molecular weight is 470 g/mol. The van der Waals surface area contributed by atoms with E-state index in [2.05, 4.69) is 31.6 Å². The summed E-state index contributed by atoms with van der Waals surface area (Å²) >= 11 is 0. The average Bonchev–Trinajstić information content (AvgIpc) is 2.70. The van der Waals surface area contributed by atoms with E-state index in [0.717, 1.165) is 30.3 Å². The Morgan fingerprint density at radius 1 is 0.939 bits per heavy atom. The number of aromatic nitrogens is 2. The molecule has 1 aromatic heterocycles. The summed E-state index contributed by atoms with van der Waals surface area (Å²) in [5.74, 6) is -3.18. The summed E-state index contributed by atoms with van der Waals surface area (Å²) in [6.07, 6.45) is -8.08. The lowest BCUT2D eigenvalue weighted by Crippen LogP contribution is -2.40. The Balaban J connectivity index is 2.22. The van der Waals surface area contributed by atoms with E-state index >= 15 is 0 Å². The zero-order chi connectivity index (χ0) is 24.3. The zero-order valence-corrected chi connectivity index (χ0v) is 16.2. The molecular formula is C21H12F6N2O4. The quantitative estimate of drug-likeness (QED) is 0.513. The molecule has 6 nitrogen and oxygen atoms in total. The van der Waals surface area contributed by atoms with Crippen LogP contribution in [0.2, 0.25) is 0 Å². The highest BCUT2D eigenvalue weighted by Gasteiger charge is 2.45. The molecule has 0 aliphatic rings. The first kappa shape index (κ1) is 23.6. The van der Waals surface area contributed by atoms with Gasteiger partial charge in [-0.1, -0.05) is 24.3 Å². The van der Waals surface area contributed by atoms with Gasteiger partial charge in [0.05, 0.1) is 0 Å². The van der Waals surface area contributed by atoms with Gasteiger partial charge in [0.15, 0.2) is 0 Å². The molecule has 1 N–H and O–H groups in total. The number of carboxylic acids is 1. The molecule has 33 heavy (non-hydrogen) atoms. The number of ether oxygens (including phenoxy) is 2. The lowest BCUT2D eigenvalue weighted by molar-refractivity contribution is -0.275. The maximum absolute atomic E-state index is 12.7. The van der Waals surface area contributed by atoms with Crippen LogP contribution in [-0.2, 0) is 16.6 Å². The van der Waals surface area contributed by atoms with E-state index < -0.39 is 42.0 Å².